The van der Waals surface area contributed by atoms with E-state index in [0.717, 1.165) is 16.8 Å². The van der Waals surface area contributed by atoms with Gasteiger partial charge in [0.15, 0.2) is 4.80 Å². The second-order valence-corrected chi connectivity index (χ2v) is 9.97. The summed E-state index contributed by atoms with van der Waals surface area (Å²) in [6, 6.07) is 28.8. The number of hydrazone groups is 1. The molecule has 1 amide bonds. The number of aromatic hydroxyl groups is 1. The Morgan fingerprint density at radius 3 is 2.14 bits per heavy atom. The highest BCUT2D eigenvalue weighted by Gasteiger charge is 2.21. The fraction of sp³-hybridized carbons (Fsp3) is 0.179. The van der Waals surface area contributed by atoms with Gasteiger partial charge in [-0.25, -0.2) is 15.2 Å². The Hall–Kier alpha value is -4.17. The van der Waals surface area contributed by atoms with Crippen LogP contribution in [0.15, 0.2) is 101 Å². The minimum atomic E-state index is -0.682. The van der Waals surface area contributed by atoms with E-state index in [9.17, 15) is 9.90 Å². The van der Waals surface area contributed by atoms with Gasteiger partial charge in [0.05, 0.1) is 12.2 Å². The summed E-state index contributed by atoms with van der Waals surface area (Å²) in [6.07, 6.45) is -0.682. The van der Waals surface area contributed by atoms with Crippen molar-refractivity contribution in [1.29, 1.82) is 0 Å². The molecule has 8 heteroatoms. The summed E-state index contributed by atoms with van der Waals surface area (Å²) >= 11 is 1.29. The van der Waals surface area contributed by atoms with Crippen molar-refractivity contribution in [3.8, 4) is 5.88 Å². The number of aromatic nitrogens is 1. The molecule has 7 nitrogen and oxygen atoms in total. The molecule has 4 aromatic rings. The molecule has 2 N–H and O–H groups in total. The summed E-state index contributed by atoms with van der Waals surface area (Å²) in [5.41, 5.74) is 4.71. The zero-order valence-electron chi connectivity index (χ0n) is 20.4. The van der Waals surface area contributed by atoms with Gasteiger partial charge in [0, 0.05) is 5.56 Å². The van der Waals surface area contributed by atoms with E-state index in [1.165, 1.54) is 11.3 Å². The van der Waals surface area contributed by atoms with Crippen LogP contribution in [0.4, 0.5) is 10.5 Å². The van der Waals surface area contributed by atoms with Gasteiger partial charge in [0.1, 0.15) is 16.2 Å². The van der Waals surface area contributed by atoms with Crippen LogP contribution in [0.3, 0.4) is 0 Å². The molecule has 1 aromatic heterocycles. The van der Waals surface area contributed by atoms with Gasteiger partial charge in [-0.15, -0.1) is 0 Å². The van der Waals surface area contributed by atoms with Gasteiger partial charge in [-0.05, 0) is 38.5 Å². The third kappa shape index (κ3) is 6.49. The standard InChI is InChI=1S/C28H28N4O3S/c1-28(2,3)35-27(34)31-30-23(21-15-9-5-10-16-21)24-25(33)32(19-20-13-7-4-8-14-20)26(36-24)29-22-17-11-6-12-18-22/h4-18,33H,19H2,1-3H3,(H,31,34)/b29-26?,30-23+. The molecule has 0 fully saturated rings. The first-order valence-corrected chi connectivity index (χ1v) is 12.3. The lowest BCUT2D eigenvalue weighted by Crippen LogP contribution is -2.30. The van der Waals surface area contributed by atoms with Gasteiger partial charge in [0.2, 0.25) is 5.88 Å². The van der Waals surface area contributed by atoms with Gasteiger partial charge >= 0.3 is 6.09 Å². The Morgan fingerprint density at radius 2 is 1.53 bits per heavy atom. The smallest absolute Gasteiger partial charge is 0.428 e. The number of thiazole rings is 1. The van der Waals surface area contributed by atoms with E-state index in [1.54, 1.807) is 25.3 Å². The van der Waals surface area contributed by atoms with Crippen molar-refractivity contribution in [3.63, 3.8) is 0 Å². The van der Waals surface area contributed by atoms with Crippen LogP contribution in [0.2, 0.25) is 0 Å². The van der Waals surface area contributed by atoms with Crippen LogP contribution in [0, 0.1) is 0 Å². The molecular formula is C28H28N4O3S. The Bertz CT molecular complexity index is 1400. The lowest BCUT2D eigenvalue weighted by atomic mass is 10.1. The highest BCUT2D eigenvalue weighted by molar-refractivity contribution is 7.12. The largest absolute Gasteiger partial charge is 0.493 e. The summed E-state index contributed by atoms with van der Waals surface area (Å²) < 4.78 is 7.08. The van der Waals surface area contributed by atoms with Crippen molar-refractivity contribution in [2.45, 2.75) is 32.9 Å². The summed E-state index contributed by atoms with van der Waals surface area (Å²) in [5, 5.41) is 15.8. The molecule has 3 aromatic carbocycles. The van der Waals surface area contributed by atoms with Gasteiger partial charge in [0.25, 0.3) is 0 Å². The van der Waals surface area contributed by atoms with Crippen molar-refractivity contribution in [1.82, 2.24) is 9.99 Å². The van der Waals surface area contributed by atoms with E-state index in [4.69, 9.17) is 9.73 Å². The van der Waals surface area contributed by atoms with Crippen molar-refractivity contribution in [3.05, 3.63) is 112 Å². The van der Waals surface area contributed by atoms with E-state index in [-0.39, 0.29) is 5.88 Å². The first-order valence-electron chi connectivity index (χ1n) is 11.5. The lowest BCUT2D eigenvalue weighted by molar-refractivity contribution is 0.0529. The molecule has 184 valence electrons. The SMILES string of the molecule is CC(C)(C)OC(=O)N/N=C(\c1ccccc1)c1sc(=Nc2ccccc2)n(Cc2ccccc2)c1O. The van der Waals surface area contributed by atoms with Crippen LogP contribution in [0.1, 0.15) is 36.8 Å². The second-order valence-electron chi connectivity index (χ2n) is 9.00. The van der Waals surface area contributed by atoms with Gasteiger partial charge in [-0.2, -0.15) is 5.10 Å². The number of nitrogens with zero attached hydrogens (tertiary/aromatic N) is 3. The molecule has 0 radical (unpaired) electrons. The maximum atomic E-state index is 12.3. The summed E-state index contributed by atoms with van der Waals surface area (Å²) in [7, 11) is 0. The quantitative estimate of drug-likeness (QED) is 0.259. The number of benzene rings is 3. The van der Waals surface area contributed by atoms with Crippen molar-refractivity contribution in [2.24, 2.45) is 10.1 Å². The fourth-order valence-corrected chi connectivity index (χ4v) is 4.47. The molecule has 36 heavy (non-hydrogen) atoms. The van der Waals surface area contributed by atoms with Crippen LogP contribution in [0.25, 0.3) is 0 Å². The van der Waals surface area contributed by atoms with Gasteiger partial charge in [-0.1, -0.05) is 90.2 Å². The molecule has 4 rings (SSSR count). The van der Waals surface area contributed by atoms with E-state index in [0.29, 0.717) is 21.9 Å². The van der Waals surface area contributed by atoms with Crippen LogP contribution in [0.5, 0.6) is 5.88 Å². The van der Waals surface area contributed by atoms with Crippen LogP contribution < -0.4 is 10.2 Å². The Labute approximate surface area is 214 Å². The lowest BCUT2D eigenvalue weighted by Gasteiger charge is -2.18. The predicted octanol–water partition coefficient (Wildman–Crippen LogP) is 5.81. The van der Waals surface area contributed by atoms with Crippen LogP contribution in [-0.4, -0.2) is 27.1 Å². The number of rotatable bonds is 6. The first-order chi connectivity index (χ1) is 17.3. The van der Waals surface area contributed by atoms with Crippen LogP contribution in [-0.2, 0) is 11.3 Å². The minimum Gasteiger partial charge on any atom is -0.493 e. The van der Waals surface area contributed by atoms with Gasteiger partial charge in [-0.3, -0.25) is 4.57 Å². The zero-order valence-corrected chi connectivity index (χ0v) is 21.2. The average Bonchev–Trinajstić information content (AvgIpc) is 3.15. The summed E-state index contributed by atoms with van der Waals surface area (Å²) in [4.78, 5) is 18.2. The third-order valence-electron chi connectivity index (χ3n) is 4.97. The zero-order chi connectivity index (χ0) is 25.5. The fourth-order valence-electron chi connectivity index (χ4n) is 3.41. The molecule has 1 heterocycles. The van der Waals surface area contributed by atoms with Crippen LogP contribution >= 0.6 is 11.3 Å². The number of para-hydroxylation sites is 1. The molecule has 0 unspecified atom stereocenters. The Kier molecular flexibility index (Phi) is 7.65. The average molecular weight is 501 g/mol. The molecule has 0 spiro atoms. The molecule has 0 saturated carbocycles. The number of amides is 1. The molecule has 0 bridgehead atoms. The van der Waals surface area contributed by atoms with Crippen molar-refractivity contribution < 1.29 is 14.6 Å². The maximum absolute atomic E-state index is 12.3. The number of carbonyl (C=O) groups excluding carboxylic acids is 1. The third-order valence-corrected chi connectivity index (χ3v) is 6.04. The highest BCUT2D eigenvalue weighted by Crippen LogP contribution is 2.26. The van der Waals surface area contributed by atoms with E-state index in [1.807, 2.05) is 91.0 Å². The molecule has 0 aliphatic carbocycles. The normalized spacial score (nSPS) is 12.4. The molecular weight excluding hydrogens is 472 g/mol. The summed E-state index contributed by atoms with van der Waals surface area (Å²) in [6.45, 7) is 5.76. The van der Waals surface area contributed by atoms with Crippen molar-refractivity contribution in [2.75, 3.05) is 0 Å². The van der Waals surface area contributed by atoms with Gasteiger partial charge < -0.3 is 9.84 Å². The molecule has 0 aliphatic heterocycles. The number of nitrogens with one attached hydrogen (secondary N) is 1. The highest BCUT2D eigenvalue weighted by atomic mass is 32.1. The maximum Gasteiger partial charge on any atom is 0.428 e. The van der Waals surface area contributed by atoms with E-state index in [2.05, 4.69) is 10.5 Å². The number of carbonyl (C=O) groups is 1. The minimum absolute atomic E-state index is 0.00660. The van der Waals surface area contributed by atoms with E-state index < -0.39 is 11.7 Å². The number of hydrogen-bond acceptors (Lipinski definition) is 6. The van der Waals surface area contributed by atoms with E-state index >= 15 is 0 Å². The number of hydrogen-bond donors (Lipinski definition) is 2. The predicted molar refractivity (Wildman–Crippen MR) is 143 cm³/mol. The number of ether oxygens (including phenoxy) is 1. The monoisotopic (exact) mass is 500 g/mol. The second kappa shape index (κ2) is 11.0. The topological polar surface area (TPSA) is 88.2 Å². The first kappa shape index (κ1) is 24.9. The van der Waals surface area contributed by atoms with Crippen molar-refractivity contribution >= 4 is 28.8 Å². The summed E-state index contributed by atoms with van der Waals surface area (Å²) in [5.74, 6) is 0.00660. The molecule has 0 saturated heterocycles. The molecule has 0 atom stereocenters. The Morgan fingerprint density at radius 1 is 0.944 bits per heavy atom. The molecule has 0 aliphatic rings. The Balaban J connectivity index is 1.84.